The van der Waals surface area contributed by atoms with E-state index in [1.54, 1.807) is 17.9 Å². The van der Waals surface area contributed by atoms with Gasteiger partial charge in [0.2, 0.25) is 5.91 Å². The summed E-state index contributed by atoms with van der Waals surface area (Å²) >= 11 is 0. The lowest BCUT2D eigenvalue weighted by Gasteiger charge is -2.33. The van der Waals surface area contributed by atoms with Crippen molar-refractivity contribution >= 4 is 27.5 Å². The molecular weight excluding hydrogens is 433 g/mol. The van der Waals surface area contributed by atoms with Crippen LogP contribution >= 0.6 is 0 Å². The average molecular weight is 462 g/mol. The number of hydrogen-bond acceptors (Lipinski definition) is 4. The summed E-state index contributed by atoms with van der Waals surface area (Å²) in [5.74, 6) is -0.763. The van der Waals surface area contributed by atoms with Gasteiger partial charge in [-0.15, -0.1) is 0 Å². The molecule has 1 saturated heterocycles. The number of aryl methyl sites for hydroxylation is 1. The maximum absolute atomic E-state index is 13.2. The van der Waals surface area contributed by atoms with Crippen LogP contribution in [0, 0.1) is 12.7 Å². The van der Waals surface area contributed by atoms with E-state index in [-0.39, 0.29) is 28.4 Å². The van der Waals surface area contributed by atoms with Crippen molar-refractivity contribution in [3.05, 3.63) is 59.4 Å². The Morgan fingerprint density at radius 3 is 2.56 bits per heavy atom. The zero-order chi connectivity index (χ0) is 23.3. The fraction of sp³-hybridized carbons (Fsp3) is 0.391. The highest BCUT2D eigenvalue weighted by molar-refractivity contribution is 7.92. The fourth-order valence-corrected chi connectivity index (χ4v) is 4.79. The third-order valence-electron chi connectivity index (χ3n) is 5.40. The summed E-state index contributed by atoms with van der Waals surface area (Å²) in [7, 11) is -3.96. The summed E-state index contributed by atoms with van der Waals surface area (Å²) in [4.78, 5) is 26.7. The van der Waals surface area contributed by atoms with Crippen LogP contribution in [0.4, 0.5) is 10.1 Å². The first-order chi connectivity index (χ1) is 15.2. The number of benzene rings is 2. The highest BCUT2D eigenvalue weighted by Gasteiger charge is 2.27. The molecule has 1 atom stereocenters. The molecule has 0 aliphatic carbocycles. The molecule has 1 fully saturated rings. The number of piperidine rings is 1. The fourth-order valence-electron chi connectivity index (χ4n) is 3.71. The smallest absolute Gasteiger partial charge is 0.261 e. The number of rotatable bonds is 7. The highest BCUT2D eigenvalue weighted by Crippen LogP contribution is 2.22. The highest BCUT2D eigenvalue weighted by atomic mass is 32.2. The van der Waals surface area contributed by atoms with Gasteiger partial charge in [0.1, 0.15) is 5.82 Å². The predicted octanol–water partition coefficient (Wildman–Crippen LogP) is 3.46. The number of anilines is 1. The molecule has 0 saturated carbocycles. The molecule has 9 heteroatoms. The number of sulfonamides is 1. The lowest BCUT2D eigenvalue weighted by atomic mass is 10.0. The van der Waals surface area contributed by atoms with Gasteiger partial charge in [-0.05, 0) is 68.1 Å². The summed E-state index contributed by atoms with van der Waals surface area (Å²) in [5, 5.41) is 2.97. The first-order valence-electron chi connectivity index (χ1n) is 10.7. The Bertz CT molecular complexity index is 1090. The van der Waals surface area contributed by atoms with Crippen LogP contribution in [0.3, 0.4) is 0 Å². The first-order valence-corrected chi connectivity index (χ1v) is 12.2. The van der Waals surface area contributed by atoms with E-state index in [1.807, 2.05) is 6.92 Å². The van der Waals surface area contributed by atoms with Crippen LogP contribution in [0.15, 0.2) is 47.4 Å². The number of carbonyl (C=O) groups is 2. The molecule has 1 unspecified atom stereocenters. The summed E-state index contributed by atoms with van der Waals surface area (Å²) in [5.41, 5.74) is 1.18. The Kier molecular flexibility index (Phi) is 7.50. The molecule has 0 bridgehead atoms. The van der Waals surface area contributed by atoms with Gasteiger partial charge in [0.25, 0.3) is 15.9 Å². The molecule has 3 rings (SSSR count). The second-order valence-corrected chi connectivity index (χ2v) is 9.68. The molecule has 1 aliphatic rings. The normalized spacial score (nSPS) is 16.5. The lowest BCUT2D eigenvalue weighted by Crippen LogP contribution is -2.49. The number of nitrogens with zero attached hydrogens (tertiary/aromatic N) is 1. The van der Waals surface area contributed by atoms with E-state index in [2.05, 4.69) is 10.0 Å². The molecule has 0 aromatic heterocycles. The Labute approximate surface area is 188 Å². The van der Waals surface area contributed by atoms with Gasteiger partial charge < -0.3 is 10.2 Å². The summed E-state index contributed by atoms with van der Waals surface area (Å²) in [6.07, 6.45) is 2.76. The molecule has 2 amide bonds. The van der Waals surface area contributed by atoms with Crippen molar-refractivity contribution in [3.63, 3.8) is 0 Å². The molecule has 0 spiro atoms. The SMILES string of the molecule is CCCC(=O)NC1CCCN(C(=O)c2cc(S(=O)(=O)Nc3ccc(F)cc3)ccc2C)C1. The zero-order valence-corrected chi connectivity index (χ0v) is 19.0. The van der Waals surface area contributed by atoms with Crippen molar-refractivity contribution < 1.29 is 22.4 Å². The number of carbonyl (C=O) groups excluding carboxylic acids is 2. The van der Waals surface area contributed by atoms with Gasteiger partial charge in [-0.2, -0.15) is 0 Å². The van der Waals surface area contributed by atoms with Crippen molar-refractivity contribution in [1.82, 2.24) is 10.2 Å². The minimum Gasteiger partial charge on any atom is -0.352 e. The van der Waals surface area contributed by atoms with E-state index in [0.717, 1.165) is 31.4 Å². The largest absolute Gasteiger partial charge is 0.352 e. The Morgan fingerprint density at radius 1 is 1.16 bits per heavy atom. The van der Waals surface area contributed by atoms with E-state index in [0.29, 0.717) is 30.6 Å². The number of hydrogen-bond donors (Lipinski definition) is 2. The Balaban J connectivity index is 1.77. The van der Waals surface area contributed by atoms with E-state index in [9.17, 15) is 22.4 Å². The summed E-state index contributed by atoms with van der Waals surface area (Å²) < 4.78 is 41.1. The quantitative estimate of drug-likeness (QED) is 0.660. The number of amides is 2. The molecule has 172 valence electrons. The van der Waals surface area contributed by atoms with Gasteiger partial charge in [-0.25, -0.2) is 12.8 Å². The minimum atomic E-state index is -3.96. The molecule has 7 nitrogen and oxygen atoms in total. The average Bonchev–Trinajstić information content (AvgIpc) is 2.75. The van der Waals surface area contributed by atoms with E-state index in [4.69, 9.17) is 0 Å². The molecule has 2 N–H and O–H groups in total. The molecular formula is C23H28FN3O4S. The van der Waals surface area contributed by atoms with E-state index >= 15 is 0 Å². The van der Waals surface area contributed by atoms with Crippen LogP contribution in [0.1, 0.15) is 48.5 Å². The predicted molar refractivity (Wildman–Crippen MR) is 120 cm³/mol. The van der Waals surface area contributed by atoms with Gasteiger partial charge in [0.05, 0.1) is 4.90 Å². The van der Waals surface area contributed by atoms with E-state index in [1.165, 1.54) is 24.3 Å². The van der Waals surface area contributed by atoms with Crippen LogP contribution in [-0.4, -0.2) is 44.3 Å². The second-order valence-electron chi connectivity index (χ2n) is 8.00. The standard InChI is InChI=1S/C23H28FN3O4S/c1-3-5-22(28)25-19-6-4-13-27(15-19)23(29)21-14-20(12-7-16(21)2)32(30,31)26-18-10-8-17(24)9-11-18/h7-12,14,19,26H,3-6,13,15H2,1-2H3,(H,25,28). The van der Waals surface area contributed by atoms with Gasteiger partial charge >= 0.3 is 0 Å². The second kappa shape index (κ2) is 10.1. The van der Waals surface area contributed by atoms with Crippen molar-refractivity contribution in [2.24, 2.45) is 0 Å². The van der Waals surface area contributed by atoms with Crippen molar-refractivity contribution in [3.8, 4) is 0 Å². The summed E-state index contributed by atoms with van der Waals surface area (Å²) in [6.45, 7) is 4.62. The van der Waals surface area contributed by atoms with Crippen LogP contribution in [0.5, 0.6) is 0 Å². The van der Waals surface area contributed by atoms with Crippen LogP contribution in [0.25, 0.3) is 0 Å². The van der Waals surface area contributed by atoms with Crippen molar-refractivity contribution in [2.45, 2.75) is 50.5 Å². The molecule has 2 aromatic rings. The molecule has 0 radical (unpaired) electrons. The lowest BCUT2D eigenvalue weighted by molar-refractivity contribution is -0.122. The monoisotopic (exact) mass is 461 g/mol. The Hall–Kier alpha value is -2.94. The number of halogens is 1. The Morgan fingerprint density at radius 2 is 1.88 bits per heavy atom. The summed E-state index contributed by atoms with van der Waals surface area (Å²) in [6, 6.07) is 9.25. The van der Waals surface area contributed by atoms with Gasteiger partial charge in [-0.3, -0.25) is 14.3 Å². The third-order valence-corrected chi connectivity index (χ3v) is 6.78. The van der Waals surface area contributed by atoms with Crippen molar-refractivity contribution in [2.75, 3.05) is 17.8 Å². The number of likely N-dealkylation sites (tertiary alicyclic amines) is 1. The molecule has 2 aromatic carbocycles. The molecule has 32 heavy (non-hydrogen) atoms. The van der Waals surface area contributed by atoms with E-state index < -0.39 is 15.8 Å². The van der Waals surface area contributed by atoms with Crippen LogP contribution < -0.4 is 10.0 Å². The topological polar surface area (TPSA) is 95.6 Å². The van der Waals surface area contributed by atoms with Crippen molar-refractivity contribution in [1.29, 1.82) is 0 Å². The minimum absolute atomic E-state index is 0.0251. The van der Waals surface area contributed by atoms with Crippen LogP contribution in [0.2, 0.25) is 0 Å². The maximum Gasteiger partial charge on any atom is 0.261 e. The third kappa shape index (κ3) is 5.85. The van der Waals surface area contributed by atoms with Gasteiger partial charge in [0, 0.05) is 36.8 Å². The van der Waals surface area contributed by atoms with Crippen LogP contribution in [-0.2, 0) is 14.8 Å². The number of nitrogens with one attached hydrogen (secondary N) is 2. The maximum atomic E-state index is 13.2. The van der Waals surface area contributed by atoms with Gasteiger partial charge in [-0.1, -0.05) is 13.0 Å². The van der Waals surface area contributed by atoms with Gasteiger partial charge in [0.15, 0.2) is 0 Å². The molecule has 1 aliphatic heterocycles. The zero-order valence-electron chi connectivity index (χ0n) is 18.2. The first kappa shape index (κ1) is 23.7. The molecule has 1 heterocycles.